The van der Waals surface area contributed by atoms with Gasteiger partial charge < -0.3 is 9.67 Å². The number of carbonyl (C=O) groups is 2. The van der Waals surface area contributed by atoms with Gasteiger partial charge in [-0.05, 0) is 30.6 Å². The Kier molecular flexibility index (Phi) is 5.74. The SMILES string of the molecule is CSCCC(C(=O)O)N1C(=O)C(=Cc2cn(C)c3ccccc23)SC1=S. The van der Waals surface area contributed by atoms with Crippen LogP contribution in [-0.4, -0.2) is 48.8 Å². The second-order valence-electron chi connectivity index (χ2n) is 5.90. The number of para-hydroxylation sites is 1. The van der Waals surface area contributed by atoms with Gasteiger partial charge in [-0.15, -0.1) is 0 Å². The number of hydrogen-bond donors (Lipinski definition) is 1. The molecule has 0 saturated carbocycles. The standard InChI is InChI=1S/C18H18N2O3S3/c1-19-10-11(12-5-3-4-6-13(12)19)9-15-16(21)20(18(24)26-15)14(17(22)23)7-8-25-2/h3-6,9-10,14H,7-8H2,1-2H3,(H,22,23). The molecular formula is C18H18N2O3S3. The molecule has 1 aliphatic heterocycles. The van der Waals surface area contributed by atoms with E-state index in [2.05, 4.69) is 0 Å². The van der Waals surface area contributed by atoms with E-state index in [1.807, 2.05) is 48.3 Å². The van der Waals surface area contributed by atoms with E-state index < -0.39 is 12.0 Å². The number of thioether (sulfide) groups is 2. The number of nitrogens with zero attached hydrogens (tertiary/aromatic N) is 2. The van der Waals surface area contributed by atoms with Crippen LogP contribution >= 0.6 is 35.7 Å². The molecule has 0 spiro atoms. The summed E-state index contributed by atoms with van der Waals surface area (Å²) < 4.78 is 2.30. The molecule has 2 heterocycles. The molecule has 1 aromatic carbocycles. The number of carboxylic acids is 1. The summed E-state index contributed by atoms with van der Waals surface area (Å²) in [5.74, 6) is -0.709. The quantitative estimate of drug-likeness (QED) is 0.584. The highest BCUT2D eigenvalue weighted by Gasteiger charge is 2.40. The molecule has 1 atom stereocenters. The predicted octanol–water partition coefficient (Wildman–Crippen LogP) is 3.59. The number of fused-ring (bicyclic) bond motifs is 1. The largest absolute Gasteiger partial charge is 0.480 e. The molecule has 0 aliphatic carbocycles. The fourth-order valence-corrected chi connectivity index (χ4v) is 4.78. The summed E-state index contributed by atoms with van der Waals surface area (Å²) in [6.45, 7) is 0. The number of rotatable bonds is 6. The Morgan fingerprint density at radius 3 is 2.85 bits per heavy atom. The van der Waals surface area contributed by atoms with E-state index in [1.54, 1.807) is 17.8 Å². The van der Waals surface area contributed by atoms with E-state index >= 15 is 0 Å². The predicted molar refractivity (Wildman–Crippen MR) is 112 cm³/mol. The van der Waals surface area contributed by atoms with Crippen LogP contribution in [0.4, 0.5) is 0 Å². The highest BCUT2D eigenvalue weighted by Crippen LogP contribution is 2.36. The number of aromatic nitrogens is 1. The second kappa shape index (κ2) is 7.85. The Hall–Kier alpha value is -1.77. The molecule has 8 heteroatoms. The molecule has 1 fully saturated rings. The lowest BCUT2D eigenvalue weighted by Crippen LogP contribution is -2.44. The number of aryl methyl sites for hydroxylation is 1. The van der Waals surface area contributed by atoms with Crippen molar-refractivity contribution in [2.24, 2.45) is 7.05 Å². The summed E-state index contributed by atoms with van der Waals surface area (Å²) in [5.41, 5.74) is 1.98. The van der Waals surface area contributed by atoms with Crippen LogP contribution in [0.25, 0.3) is 17.0 Å². The first-order valence-electron chi connectivity index (χ1n) is 7.97. The Morgan fingerprint density at radius 1 is 1.42 bits per heavy atom. The van der Waals surface area contributed by atoms with Gasteiger partial charge in [0.2, 0.25) is 0 Å². The molecule has 1 unspecified atom stereocenters. The Balaban J connectivity index is 1.95. The monoisotopic (exact) mass is 406 g/mol. The van der Waals surface area contributed by atoms with Crippen LogP contribution in [0.15, 0.2) is 35.4 Å². The lowest BCUT2D eigenvalue weighted by atomic mass is 10.1. The zero-order chi connectivity index (χ0) is 18.8. The molecule has 1 aromatic heterocycles. The van der Waals surface area contributed by atoms with Gasteiger partial charge in [-0.2, -0.15) is 11.8 Å². The maximum Gasteiger partial charge on any atom is 0.326 e. The summed E-state index contributed by atoms with van der Waals surface area (Å²) in [6, 6.07) is 7.01. The topological polar surface area (TPSA) is 62.5 Å². The molecule has 2 aromatic rings. The lowest BCUT2D eigenvalue weighted by molar-refractivity contribution is -0.145. The maximum absolute atomic E-state index is 12.8. The van der Waals surface area contributed by atoms with Crippen molar-refractivity contribution in [2.45, 2.75) is 12.5 Å². The van der Waals surface area contributed by atoms with Crippen molar-refractivity contribution in [3.63, 3.8) is 0 Å². The molecular weight excluding hydrogens is 388 g/mol. The van der Waals surface area contributed by atoms with Crippen molar-refractivity contribution in [3.05, 3.63) is 40.9 Å². The van der Waals surface area contributed by atoms with Crippen molar-refractivity contribution in [1.82, 2.24) is 9.47 Å². The van der Waals surface area contributed by atoms with E-state index in [-0.39, 0.29) is 5.91 Å². The fourth-order valence-electron chi connectivity index (χ4n) is 2.97. The van der Waals surface area contributed by atoms with E-state index in [9.17, 15) is 14.7 Å². The van der Waals surface area contributed by atoms with Crippen LogP contribution < -0.4 is 0 Å². The van der Waals surface area contributed by atoms with Crippen molar-refractivity contribution in [1.29, 1.82) is 0 Å². The minimum atomic E-state index is -1.03. The number of aliphatic carboxylic acids is 1. The molecule has 1 saturated heterocycles. The number of amides is 1. The highest BCUT2D eigenvalue weighted by atomic mass is 32.2. The zero-order valence-corrected chi connectivity index (χ0v) is 16.8. The van der Waals surface area contributed by atoms with E-state index in [0.29, 0.717) is 21.4 Å². The van der Waals surface area contributed by atoms with Crippen LogP contribution in [0.2, 0.25) is 0 Å². The number of hydrogen-bond acceptors (Lipinski definition) is 5. The molecule has 5 nitrogen and oxygen atoms in total. The van der Waals surface area contributed by atoms with Crippen LogP contribution in [0, 0.1) is 0 Å². The van der Waals surface area contributed by atoms with Gasteiger partial charge >= 0.3 is 5.97 Å². The summed E-state index contributed by atoms with van der Waals surface area (Å²) >= 11 is 8.02. The molecule has 1 aliphatic rings. The van der Waals surface area contributed by atoms with Crippen LogP contribution in [-0.2, 0) is 16.6 Å². The Bertz CT molecular complexity index is 920. The van der Waals surface area contributed by atoms with E-state index in [0.717, 1.165) is 28.2 Å². The molecule has 0 radical (unpaired) electrons. The van der Waals surface area contributed by atoms with Crippen molar-refractivity contribution >= 4 is 68.9 Å². The third-order valence-corrected chi connectivity index (χ3v) is 6.20. The summed E-state index contributed by atoms with van der Waals surface area (Å²) in [7, 11) is 1.95. The van der Waals surface area contributed by atoms with Gasteiger partial charge in [0, 0.05) is 29.7 Å². The van der Waals surface area contributed by atoms with Gasteiger partial charge in [0.05, 0.1) is 4.91 Å². The smallest absolute Gasteiger partial charge is 0.326 e. The lowest BCUT2D eigenvalue weighted by Gasteiger charge is -2.22. The van der Waals surface area contributed by atoms with Crippen molar-refractivity contribution < 1.29 is 14.7 Å². The molecule has 26 heavy (non-hydrogen) atoms. The Labute approximate surface area is 165 Å². The van der Waals surface area contributed by atoms with Gasteiger partial charge in [-0.3, -0.25) is 9.69 Å². The van der Waals surface area contributed by atoms with Gasteiger partial charge in [-0.1, -0.05) is 42.2 Å². The van der Waals surface area contributed by atoms with Crippen molar-refractivity contribution in [3.8, 4) is 0 Å². The minimum Gasteiger partial charge on any atom is -0.480 e. The third-order valence-electron chi connectivity index (χ3n) is 4.23. The van der Waals surface area contributed by atoms with Crippen molar-refractivity contribution in [2.75, 3.05) is 12.0 Å². The first-order valence-corrected chi connectivity index (χ1v) is 10.6. The number of carbonyl (C=O) groups excluding carboxylic acids is 1. The van der Waals surface area contributed by atoms with E-state index in [1.165, 1.54) is 4.90 Å². The molecule has 3 rings (SSSR count). The zero-order valence-electron chi connectivity index (χ0n) is 14.3. The minimum absolute atomic E-state index is 0.301. The molecule has 1 N–H and O–H groups in total. The van der Waals surface area contributed by atoms with Gasteiger partial charge in [0.25, 0.3) is 5.91 Å². The van der Waals surface area contributed by atoms with Crippen LogP contribution in [0.5, 0.6) is 0 Å². The first-order chi connectivity index (χ1) is 12.4. The summed E-state index contributed by atoms with van der Waals surface area (Å²) in [4.78, 5) is 26.2. The Morgan fingerprint density at radius 2 is 2.15 bits per heavy atom. The summed E-state index contributed by atoms with van der Waals surface area (Å²) in [5, 5.41) is 10.6. The van der Waals surface area contributed by atoms with Gasteiger partial charge in [0.15, 0.2) is 0 Å². The van der Waals surface area contributed by atoms with Crippen LogP contribution in [0.1, 0.15) is 12.0 Å². The maximum atomic E-state index is 12.8. The number of benzene rings is 1. The third kappa shape index (κ3) is 3.54. The number of carboxylic acid groups (broad SMARTS) is 1. The van der Waals surface area contributed by atoms with Gasteiger partial charge in [-0.25, -0.2) is 4.79 Å². The molecule has 0 bridgehead atoms. The van der Waals surface area contributed by atoms with Gasteiger partial charge in [0.1, 0.15) is 10.4 Å². The average molecular weight is 407 g/mol. The first kappa shape index (κ1) is 19.0. The number of thiocarbonyl (C=S) groups is 1. The fraction of sp³-hybridized carbons (Fsp3) is 0.278. The normalized spacial score (nSPS) is 17.5. The van der Waals surface area contributed by atoms with E-state index in [4.69, 9.17) is 12.2 Å². The van der Waals surface area contributed by atoms with Crippen LogP contribution in [0.3, 0.4) is 0 Å². The summed E-state index contributed by atoms with van der Waals surface area (Å²) in [6.07, 6.45) is 6.03. The average Bonchev–Trinajstić information content (AvgIpc) is 3.07. The second-order valence-corrected chi connectivity index (χ2v) is 8.56. The molecule has 1 amide bonds. The molecule has 136 valence electrons. The highest BCUT2D eigenvalue weighted by molar-refractivity contribution is 8.26.